The van der Waals surface area contributed by atoms with Crippen LogP contribution in [0, 0.1) is 6.92 Å². The molecule has 1 unspecified atom stereocenters. The molecular formula is C24H33N5O6. The summed E-state index contributed by atoms with van der Waals surface area (Å²) in [6, 6.07) is 6.60. The van der Waals surface area contributed by atoms with E-state index in [4.69, 9.17) is 4.74 Å². The van der Waals surface area contributed by atoms with E-state index in [-0.39, 0.29) is 50.4 Å². The third kappa shape index (κ3) is 10.1. The Kier molecular flexibility index (Phi) is 11.6. The van der Waals surface area contributed by atoms with Crippen molar-refractivity contribution >= 4 is 35.2 Å². The molecule has 11 nitrogen and oxygen atoms in total. The first-order valence-electron chi connectivity index (χ1n) is 11.5. The van der Waals surface area contributed by atoms with Gasteiger partial charge in [-0.2, -0.15) is 0 Å². The van der Waals surface area contributed by atoms with Gasteiger partial charge < -0.3 is 26.0 Å². The van der Waals surface area contributed by atoms with Gasteiger partial charge >= 0.3 is 0 Å². The van der Waals surface area contributed by atoms with Crippen LogP contribution in [0.15, 0.2) is 36.4 Å². The zero-order valence-electron chi connectivity index (χ0n) is 20.1. The van der Waals surface area contributed by atoms with Crippen molar-refractivity contribution in [3.05, 3.63) is 42.0 Å². The Hall–Kier alpha value is -3.57. The Morgan fingerprint density at radius 2 is 1.69 bits per heavy atom. The molecule has 1 aliphatic heterocycles. The molecule has 0 aromatic heterocycles. The molecule has 190 valence electrons. The molecule has 0 aliphatic carbocycles. The maximum absolute atomic E-state index is 12.7. The van der Waals surface area contributed by atoms with Crippen molar-refractivity contribution in [2.24, 2.45) is 0 Å². The zero-order chi connectivity index (χ0) is 25.6. The Bertz CT molecular complexity index is 913. The van der Waals surface area contributed by atoms with E-state index in [0.717, 1.165) is 10.5 Å². The maximum atomic E-state index is 12.7. The van der Waals surface area contributed by atoms with E-state index in [9.17, 15) is 24.0 Å². The molecule has 0 bridgehead atoms. The van der Waals surface area contributed by atoms with Crippen molar-refractivity contribution in [2.75, 3.05) is 45.2 Å². The van der Waals surface area contributed by atoms with Crippen LogP contribution in [-0.4, -0.2) is 80.4 Å². The third-order valence-corrected chi connectivity index (χ3v) is 5.17. The van der Waals surface area contributed by atoms with Crippen LogP contribution in [0.5, 0.6) is 0 Å². The van der Waals surface area contributed by atoms with Gasteiger partial charge in [0.15, 0.2) is 0 Å². The molecule has 1 heterocycles. The number of hydrogen-bond acceptors (Lipinski definition) is 7. The fourth-order valence-corrected chi connectivity index (χ4v) is 3.20. The number of nitrogens with one attached hydrogen (secondary N) is 4. The van der Waals surface area contributed by atoms with Crippen molar-refractivity contribution in [1.82, 2.24) is 20.9 Å². The largest absolute Gasteiger partial charge is 0.379 e. The molecule has 0 saturated carbocycles. The normalized spacial score (nSPS) is 13.6. The van der Waals surface area contributed by atoms with Crippen LogP contribution in [0.25, 0.3) is 0 Å². The summed E-state index contributed by atoms with van der Waals surface area (Å²) in [6.07, 6.45) is 3.50. The van der Waals surface area contributed by atoms with Gasteiger partial charge in [-0.25, -0.2) is 0 Å². The van der Waals surface area contributed by atoms with Gasteiger partial charge in [0.25, 0.3) is 11.8 Å². The van der Waals surface area contributed by atoms with E-state index in [1.807, 2.05) is 26.1 Å². The van der Waals surface area contributed by atoms with E-state index in [1.54, 1.807) is 12.1 Å². The number of aryl methyl sites for hydroxylation is 1. The van der Waals surface area contributed by atoms with E-state index < -0.39 is 17.9 Å². The molecule has 0 saturated heterocycles. The summed E-state index contributed by atoms with van der Waals surface area (Å²) < 4.78 is 5.29. The summed E-state index contributed by atoms with van der Waals surface area (Å²) in [7, 11) is 1.81. The minimum atomic E-state index is -0.747. The monoisotopic (exact) mass is 487 g/mol. The predicted molar refractivity (Wildman–Crippen MR) is 129 cm³/mol. The molecule has 4 N–H and O–H groups in total. The van der Waals surface area contributed by atoms with Crippen molar-refractivity contribution in [3.63, 3.8) is 0 Å². The van der Waals surface area contributed by atoms with E-state index >= 15 is 0 Å². The molecular weight excluding hydrogens is 454 g/mol. The Labute approximate surface area is 204 Å². The molecule has 1 aliphatic rings. The van der Waals surface area contributed by atoms with E-state index in [2.05, 4.69) is 21.3 Å². The maximum Gasteiger partial charge on any atom is 0.253 e. The molecule has 1 atom stereocenters. The minimum Gasteiger partial charge on any atom is -0.379 e. The van der Waals surface area contributed by atoms with E-state index in [0.29, 0.717) is 25.1 Å². The summed E-state index contributed by atoms with van der Waals surface area (Å²) in [5.74, 6) is -1.99. The number of carbonyl (C=O) groups is 5. The highest BCUT2D eigenvalue weighted by Gasteiger charge is 2.23. The molecule has 0 radical (unpaired) electrons. The van der Waals surface area contributed by atoms with Crippen molar-refractivity contribution in [1.29, 1.82) is 0 Å². The van der Waals surface area contributed by atoms with Gasteiger partial charge in [-0.15, -0.1) is 0 Å². The lowest BCUT2D eigenvalue weighted by Gasteiger charge is -2.19. The quantitative estimate of drug-likeness (QED) is 0.199. The second-order valence-electron chi connectivity index (χ2n) is 8.02. The molecule has 1 aromatic carbocycles. The van der Waals surface area contributed by atoms with E-state index in [1.165, 1.54) is 12.2 Å². The molecule has 35 heavy (non-hydrogen) atoms. The number of carbonyl (C=O) groups excluding carboxylic acids is 5. The van der Waals surface area contributed by atoms with Crippen LogP contribution < -0.4 is 21.3 Å². The number of rotatable bonds is 15. The number of imide groups is 1. The fourth-order valence-electron chi connectivity index (χ4n) is 3.20. The molecule has 1 aromatic rings. The van der Waals surface area contributed by atoms with Crippen LogP contribution >= 0.6 is 0 Å². The average molecular weight is 488 g/mol. The number of amides is 5. The van der Waals surface area contributed by atoms with Gasteiger partial charge in [0, 0.05) is 24.3 Å². The fraction of sp³-hybridized carbons (Fsp3) is 0.458. The van der Waals surface area contributed by atoms with Gasteiger partial charge in [-0.05, 0) is 45.5 Å². The number of ether oxygens (including phenoxy) is 1. The summed E-state index contributed by atoms with van der Waals surface area (Å²) in [5.41, 5.74) is 1.70. The first-order chi connectivity index (χ1) is 16.8. The van der Waals surface area contributed by atoms with Crippen LogP contribution in [0.2, 0.25) is 0 Å². The molecule has 0 spiro atoms. The summed E-state index contributed by atoms with van der Waals surface area (Å²) in [6.45, 7) is 2.65. The van der Waals surface area contributed by atoms with Crippen molar-refractivity contribution in [3.8, 4) is 0 Å². The Morgan fingerprint density at radius 3 is 2.34 bits per heavy atom. The van der Waals surface area contributed by atoms with Gasteiger partial charge in [0.1, 0.15) is 6.04 Å². The number of nitrogens with zero attached hydrogens (tertiary/aromatic N) is 1. The van der Waals surface area contributed by atoms with Crippen LogP contribution in [0.4, 0.5) is 5.69 Å². The van der Waals surface area contributed by atoms with Gasteiger partial charge in [-0.1, -0.05) is 17.7 Å². The average Bonchev–Trinajstić information content (AvgIpc) is 3.15. The van der Waals surface area contributed by atoms with Crippen LogP contribution in [0.1, 0.15) is 24.8 Å². The lowest BCUT2D eigenvalue weighted by molar-refractivity contribution is -0.138. The molecule has 0 fully saturated rings. The van der Waals surface area contributed by atoms with Crippen molar-refractivity contribution in [2.45, 2.75) is 32.2 Å². The topological polar surface area (TPSA) is 146 Å². The third-order valence-electron chi connectivity index (χ3n) is 5.17. The number of anilines is 1. The Morgan fingerprint density at radius 1 is 1.00 bits per heavy atom. The van der Waals surface area contributed by atoms with Gasteiger partial charge in [0.05, 0.1) is 26.3 Å². The highest BCUT2D eigenvalue weighted by Crippen LogP contribution is 2.10. The van der Waals surface area contributed by atoms with Gasteiger partial charge in [-0.3, -0.25) is 28.9 Å². The summed E-state index contributed by atoms with van der Waals surface area (Å²) in [4.78, 5) is 61.0. The summed E-state index contributed by atoms with van der Waals surface area (Å²) in [5, 5.41) is 11.0. The highest BCUT2D eigenvalue weighted by molar-refractivity contribution is 6.12. The smallest absolute Gasteiger partial charge is 0.253 e. The zero-order valence-corrected chi connectivity index (χ0v) is 20.1. The first kappa shape index (κ1) is 27.7. The number of benzene rings is 1. The molecule has 5 amide bonds. The highest BCUT2D eigenvalue weighted by atomic mass is 16.5. The SMILES string of the molecule is CNCCCC(NC(=O)CNC(=O)CCOCCN1C(=O)C=CC1=O)C(=O)Nc1ccc(C)cc1. The summed E-state index contributed by atoms with van der Waals surface area (Å²) >= 11 is 0. The predicted octanol–water partition coefficient (Wildman–Crippen LogP) is -0.134. The van der Waals surface area contributed by atoms with Gasteiger partial charge in [0.2, 0.25) is 17.7 Å². The lowest BCUT2D eigenvalue weighted by atomic mass is 10.1. The van der Waals surface area contributed by atoms with Crippen LogP contribution in [0.3, 0.4) is 0 Å². The minimum absolute atomic E-state index is 0.00688. The second-order valence-corrected chi connectivity index (χ2v) is 8.02. The number of hydrogen-bond donors (Lipinski definition) is 4. The lowest BCUT2D eigenvalue weighted by Crippen LogP contribution is -2.47. The molecule has 2 rings (SSSR count). The standard InChI is InChI=1S/C24H33N5O6/c1-17-5-7-18(8-6-17)27-24(34)19(4-3-12-25-2)28-21(31)16-26-20(30)11-14-35-15-13-29-22(32)9-10-23(29)33/h5-10,19,25H,3-4,11-16H2,1-2H3,(H,26,30)(H,27,34)(H,28,31). The second kappa shape index (κ2) is 14.6. The first-order valence-corrected chi connectivity index (χ1v) is 11.5. The Balaban J connectivity index is 1.69. The van der Waals surface area contributed by atoms with Crippen LogP contribution in [-0.2, 0) is 28.7 Å². The van der Waals surface area contributed by atoms with Crippen molar-refractivity contribution < 1.29 is 28.7 Å². The molecule has 11 heteroatoms.